The molecule has 0 saturated carbocycles. The van der Waals surface area contributed by atoms with Crippen molar-refractivity contribution in [3.63, 3.8) is 0 Å². The van der Waals surface area contributed by atoms with E-state index in [0.29, 0.717) is 0 Å². The van der Waals surface area contributed by atoms with Crippen LogP contribution in [0, 0.1) is 13.8 Å². The quantitative estimate of drug-likeness (QED) is 0.132. The molecule has 4 aromatic carbocycles. The molecule has 0 atom stereocenters. The molecule has 0 bridgehead atoms. The van der Waals surface area contributed by atoms with Gasteiger partial charge in [-0.05, 0) is 0 Å². The van der Waals surface area contributed by atoms with Gasteiger partial charge in [-0.3, -0.25) is 0 Å². The molecule has 6 rings (SSSR count). The summed E-state index contributed by atoms with van der Waals surface area (Å²) in [6.07, 6.45) is 2.26. The van der Waals surface area contributed by atoms with Gasteiger partial charge in [0.2, 0.25) is 0 Å². The molecule has 0 N–H and O–H groups in total. The van der Waals surface area contributed by atoms with Crippen molar-refractivity contribution in [3.8, 4) is 11.3 Å². The van der Waals surface area contributed by atoms with Crippen LogP contribution >= 0.6 is 11.8 Å². The first-order valence-corrected chi connectivity index (χ1v) is 19.5. The van der Waals surface area contributed by atoms with Gasteiger partial charge in [-0.15, -0.1) is 0 Å². The second-order valence-electron chi connectivity index (χ2n) is 10.2. The zero-order chi connectivity index (χ0) is 22.4. The van der Waals surface area contributed by atoms with Crippen LogP contribution in [0.1, 0.15) is 11.1 Å². The van der Waals surface area contributed by atoms with Gasteiger partial charge in [0.25, 0.3) is 0 Å². The van der Waals surface area contributed by atoms with E-state index in [0.717, 1.165) is 0 Å². The van der Waals surface area contributed by atoms with Crippen molar-refractivity contribution in [3.05, 3.63) is 71.9 Å². The van der Waals surface area contributed by atoms with Gasteiger partial charge in [0.1, 0.15) is 0 Å². The Morgan fingerprint density at radius 1 is 0.750 bits per heavy atom. The van der Waals surface area contributed by atoms with E-state index in [2.05, 4.69) is 104 Å². The van der Waals surface area contributed by atoms with Crippen molar-refractivity contribution < 1.29 is 4.57 Å². The van der Waals surface area contributed by atoms with Crippen LogP contribution in [0.4, 0.5) is 0 Å². The minimum absolute atomic E-state index is 1.36. The third-order valence-corrected chi connectivity index (χ3v) is 12.7. The van der Waals surface area contributed by atoms with Crippen LogP contribution in [-0.4, -0.2) is 13.3 Å². The summed E-state index contributed by atoms with van der Waals surface area (Å²) >= 11 is -0.0377. The molecule has 0 amide bonds. The molecule has 3 heteroatoms. The third kappa shape index (κ3) is 2.69. The fourth-order valence-corrected chi connectivity index (χ4v) is 10.3. The summed E-state index contributed by atoms with van der Waals surface area (Å²) in [7, 11) is 2.20. The summed E-state index contributed by atoms with van der Waals surface area (Å²) in [6.45, 7) is 4.60. The minimum atomic E-state index is -2.02. The van der Waals surface area contributed by atoms with E-state index in [-0.39, 0.29) is 0 Å². The second-order valence-corrected chi connectivity index (χ2v) is 21.8. The molecular weight excluding hydrogens is 467 g/mol. The predicted molar refractivity (Wildman–Crippen MR) is 142 cm³/mol. The average Bonchev–Trinajstić information content (AvgIpc) is 2.77. The van der Waals surface area contributed by atoms with Crippen LogP contribution in [0.25, 0.3) is 43.6 Å². The molecule has 158 valence electrons. The fourth-order valence-electron chi connectivity index (χ4n) is 5.59. The summed E-state index contributed by atoms with van der Waals surface area (Å²) in [4.78, 5) is 2.83. The van der Waals surface area contributed by atoms with Gasteiger partial charge in [0, 0.05) is 0 Å². The first kappa shape index (κ1) is 20.3. The third-order valence-electron chi connectivity index (χ3n) is 7.18. The SMILES string of the molecule is Cc1c2c(c(C)c3ccccc13)-c1c3c(cc4[c]([Ge]([CH3])([CH3])[CH3])cccc4c3cc[n+]1C)S2. The molecule has 0 spiro atoms. The molecular formula is C29H28GeNS+. The van der Waals surface area contributed by atoms with Crippen molar-refractivity contribution in [1.29, 1.82) is 0 Å². The Bertz CT molecular complexity index is 1610. The number of pyridine rings is 1. The molecule has 0 unspecified atom stereocenters. The average molecular weight is 495 g/mol. The second kappa shape index (κ2) is 6.85. The van der Waals surface area contributed by atoms with Gasteiger partial charge in [-0.2, -0.15) is 0 Å². The number of hydrogen-bond acceptors (Lipinski definition) is 1. The Morgan fingerprint density at radius 2 is 1.44 bits per heavy atom. The van der Waals surface area contributed by atoms with E-state index < -0.39 is 13.3 Å². The maximum atomic E-state index is 2.50. The molecule has 1 aliphatic rings. The van der Waals surface area contributed by atoms with Crippen molar-refractivity contribution in [1.82, 2.24) is 0 Å². The Morgan fingerprint density at radius 3 is 2.16 bits per heavy atom. The van der Waals surface area contributed by atoms with Crippen molar-refractivity contribution in [2.24, 2.45) is 7.05 Å². The van der Waals surface area contributed by atoms with E-state index in [4.69, 9.17) is 0 Å². The molecule has 1 aromatic heterocycles. The summed E-state index contributed by atoms with van der Waals surface area (Å²) in [5.41, 5.74) is 5.56. The van der Waals surface area contributed by atoms with Crippen LogP contribution in [0.3, 0.4) is 0 Å². The monoisotopic (exact) mass is 496 g/mol. The van der Waals surface area contributed by atoms with Crippen molar-refractivity contribution in [2.75, 3.05) is 0 Å². The van der Waals surface area contributed by atoms with Crippen LogP contribution in [0.2, 0.25) is 17.3 Å². The van der Waals surface area contributed by atoms with Gasteiger partial charge < -0.3 is 0 Å². The van der Waals surface area contributed by atoms with Gasteiger partial charge in [0.15, 0.2) is 0 Å². The molecule has 5 aromatic rings. The van der Waals surface area contributed by atoms with Crippen molar-refractivity contribution >= 4 is 61.7 Å². The Balaban J connectivity index is 1.83. The van der Waals surface area contributed by atoms with Gasteiger partial charge in [-0.1, -0.05) is 0 Å². The van der Waals surface area contributed by atoms with Crippen LogP contribution < -0.4 is 8.96 Å². The number of nitrogens with zero attached hydrogens (tertiary/aromatic N) is 1. The maximum absolute atomic E-state index is 2.50. The number of hydrogen-bond donors (Lipinski definition) is 0. The van der Waals surface area contributed by atoms with Gasteiger partial charge >= 0.3 is 197 Å². The molecule has 32 heavy (non-hydrogen) atoms. The Kier molecular flexibility index (Phi) is 4.35. The molecule has 0 saturated heterocycles. The van der Waals surface area contributed by atoms with E-state index in [1.165, 1.54) is 64.5 Å². The molecule has 0 radical (unpaired) electrons. The van der Waals surface area contributed by atoms with Gasteiger partial charge in [0.05, 0.1) is 0 Å². The fraction of sp³-hybridized carbons (Fsp3) is 0.207. The van der Waals surface area contributed by atoms with E-state index in [1.807, 2.05) is 11.8 Å². The number of rotatable bonds is 1. The molecule has 0 fully saturated rings. The van der Waals surface area contributed by atoms with E-state index in [9.17, 15) is 0 Å². The molecule has 1 aliphatic heterocycles. The summed E-state index contributed by atoms with van der Waals surface area (Å²) in [6, 6.07) is 20.7. The summed E-state index contributed by atoms with van der Waals surface area (Å²) < 4.78 is 3.94. The standard InChI is InChI=1S/C29H28GeNS/c1-17-19-10-7-8-11-20(19)18(2)29-26(17)28-27-22(14-15-31(28)6)21-12-9-13-24(30(3,4)5)23(21)16-25(27)32-29/h7-16H,1-6H3/q+1. The van der Waals surface area contributed by atoms with Gasteiger partial charge in [-0.25, -0.2) is 0 Å². The zero-order valence-corrected chi connectivity index (χ0v) is 22.5. The topological polar surface area (TPSA) is 3.88 Å². The normalized spacial score (nSPS) is 13.2. The Labute approximate surface area is 196 Å². The predicted octanol–water partition coefficient (Wildman–Crippen LogP) is 7.26. The van der Waals surface area contributed by atoms with Crippen molar-refractivity contribution in [2.45, 2.75) is 40.9 Å². The molecule has 1 nitrogen and oxygen atoms in total. The number of benzene rings is 4. The van der Waals surface area contributed by atoms with E-state index in [1.54, 1.807) is 4.40 Å². The first-order valence-electron chi connectivity index (χ1n) is 11.4. The van der Waals surface area contributed by atoms with E-state index >= 15 is 0 Å². The first-order chi connectivity index (χ1) is 15.3. The zero-order valence-electron chi connectivity index (χ0n) is 19.6. The van der Waals surface area contributed by atoms with Crippen LogP contribution in [-0.2, 0) is 7.05 Å². The number of aromatic nitrogens is 1. The summed E-state index contributed by atoms with van der Waals surface area (Å²) in [5.74, 6) is 7.51. The number of fused-ring (bicyclic) bond motifs is 5. The summed E-state index contributed by atoms with van der Waals surface area (Å²) in [5, 5.41) is 8.42. The number of aryl methyl sites for hydroxylation is 3. The molecule has 0 aliphatic carbocycles. The van der Waals surface area contributed by atoms with Crippen LogP contribution in [0.5, 0.6) is 0 Å². The van der Waals surface area contributed by atoms with Crippen LogP contribution in [0.15, 0.2) is 70.6 Å². The Hall–Kier alpha value is -2.30. The molecule has 2 heterocycles.